The Morgan fingerprint density at radius 3 is 2.46 bits per heavy atom. The SMILES string of the molecule is CCOC(=O)Cc1ccc(NC(=O)c2c(Cl)cccc2OC)cc1. The number of ether oxygens (including phenoxy) is 2. The van der Waals surface area contributed by atoms with Gasteiger partial charge in [-0.1, -0.05) is 29.8 Å². The van der Waals surface area contributed by atoms with E-state index in [0.29, 0.717) is 23.1 Å². The van der Waals surface area contributed by atoms with Gasteiger partial charge < -0.3 is 14.8 Å². The second kappa shape index (κ2) is 8.36. The van der Waals surface area contributed by atoms with Crippen LogP contribution in [0.25, 0.3) is 0 Å². The van der Waals surface area contributed by atoms with E-state index in [4.69, 9.17) is 21.1 Å². The van der Waals surface area contributed by atoms with Gasteiger partial charge in [0.1, 0.15) is 11.3 Å². The molecule has 0 unspecified atom stereocenters. The molecule has 0 bridgehead atoms. The van der Waals surface area contributed by atoms with E-state index in [0.717, 1.165) is 5.56 Å². The first kappa shape index (κ1) is 17.8. The highest BCUT2D eigenvalue weighted by atomic mass is 35.5. The van der Waals surface area contributed by atoms with Gasteiger partial charge >= 0.3 is 5.97 Å². The summed E-state index contributed by atoms with van der Waals surface area (Å²) < 4.78 is 10.1. The van der Waals surface area contributed by atoms with Crippen molar-refractivity contribution in [1.29, 1.82) is 0 Å². The lowest BCUT2D eigenvalue weighted by atomic mass is 10.1. The Morgan fingerprint density at radius 1 is 1.12 bits per heavy atom. The van der Waals surface area contributed by atoms with Gasteiger partial charge in [-0.3, -0.25) is 9.59 Å². The fourth-order valence-electron chi connectivity index (χ4n) is 2.17. The Labute approximate surface area is 145 Å². The molecule has 126 valence electrons. The molecule has 0 aromatic heterocycles. The molecule has 6 heteroatoms. The van der Waals surface area contributed by atoms with E-state index in [-0.39, 0.29) is 23.9 Å². The van der Waals surface area contributed by atoms with Crippen molar-refractivity contribution in [2.45, 2.75) is 13.3 Å². The van der Waals surface area contributed by atoms with Gasteiger partial charge in [-0.15, -0.1) is 0 Å². The van der Waals surface area contributed by atoms with Gasteiger partial charge in [-0.25, -0.2) is 0 Å². The number of amides is 1. The van der Waals surface area contributed by atoms with Crippen molar-refractivity contribution in [2.75, 3.05) is 19.0 Å². The predicted octanol–water partition coefficient (Wildman–Crippen LogP) is 3.71. The van der Waals surface area contributed by atoms with Gasteiger partial charge in [-0.2, -0.15) is 0 Å². The first-order valence-electron chi connectivity index (χ1n) is 7.43. The zero-order valence-electron chi connectivity index (χ0n) is 13.5. The van der Waals surface area contributed by atoms with Crippen LogP contribution in [0.15, 0.2) is 42.5 Å². The lowest BCUT2D eigenvalue weighted by Gasteiger charge is -2.11. The zero-order chi connectivity index (χ0) is 17.5. The number of carbonyl (C=O) groups is 2. The first-order valence-corrected chi connectivity index (χ1v) is 7.81. The molecule has 0 aliphatic rings. The average molecular weight is 348 g/mol. The molecule has 0 saturated carbocycles. The quantitative estimate of drug-likeness (QED) is 0.809. The Kier molecular flexibility index (Phi) is 6.21. The summed E-state index contributed by atoms with van der Waals surface area (Å²) in [5.41, 5.74) is 1.67. The van der Waals surface area contributed by atoms with Crippen molar-refractivity contribution in [3.8, 4) is 5.75 Å². The van der Waals surface area contributed by atoms with Crippen LogP contribution in [0, 0.1) is 0 Å². The number of anilines is 1. The fourth-order valence-corrected chi connectivity index (χ4v) is 2.42. The van der Waals surface area contributed by atoms with E-state index in [9.17, 15) is 9.59 Å². The minimum absolute atomic E-state index is 0.195. The van der Waals surface area contributed by atoms with Crippen molar-refractivity contribution in [3.05, 3.63) is 58.6 Å². The molecule has 0 saturated heterocycles. The fraction of sp³-hybridized carbons (Fsp3) is 0.222. The number of halogens is 1. The molecule has 0 heterocycles. The van der Waals surface area contributed by atoms with Crippen molar-refractivity contribution >= 4 is 29.2 Å². The molecule has 2 aromatic rings. The van der Waals surface area contributed by atoms with Gasteiger partial charge in [0, 0.05) is 5.69 Å². The van der Waals surface area contributed by atoms with Gasteiger partial charge in [0.15, 0.2) is 0 Å². The molecule has 0 spiro atoms. The predicted molar refractivity (Wildman–Crippen MR) is 92.7 cm³/mol. The third-order valence-corrected chi connectivity index (χ3v) is 3.60. The standard InChI is InChI=1S/C18H18ClNO4/c1-3-24-16(21)11-12-7-9-13(10-8-12)20-18(22)17-14(19)5-4-6-15(17)23-2/h4-10H,3,11H2,1-2H3,(H,20,22). The molecule has 0 atom stereocenters. The monoisotopic (exact) mass is 347 g/mol. The Hall–Kier alpha value is -2.53. The van der Waals surface area contributed by atoms with Crippen molar-refractivity contribution in [2.24, 2.45) is 0 Å². The minimum Gasteiger partial charge on any atom is -0.496 e. The molecule has 5 nitrogen and oxygen atoms in total. The second-order valence-corrected chi connectivity index (χ2v) is 5.36. The molecule has 24 heavy (non-hydrogen) atoms. The minimum atomic E-state index is -0.365. The summed E-state index contributed by atoms with van der Waals surface area (Å²) >= 11 is 6.09. The summed E-state index contributed by atoms with van der Waals surface area (Å²) in [4.78, 5) is 23.9. The van der Waals surface area contributed by atoms with Gasteiger partial charge in [0.05, 0.1) is 25.2 Å². The Bertz CT molecular complexity index is 728. The van der Waals surface area contributed by atoms with E-state index in [1.165, 1.54) is 7.11 Å². The van der Waals surface area contributed by atoms with Crippen molar-refractivity contribution < 1.29 is 19.1 Å². The molecule has 0 fully saturated rings. The number of rotatable bonds is 6. The highest BCUT2D eigenvalue weighted by Gasteiger charge is 2.16. The normalized spacial score (nSPS) is 10.1. The second-order valence-electron chi connectivity index (χ2n) is 4.95. The van der Waals surface area contributed by atoms with Crippen LogP contribution in [-0.4, -0.2) is 25.6 Å². The Morgan fingerprint density at radius 2 is 1.83 bits per heavy atom. The number of methoxy groups -OCH3 is 1. The van der Waals surface area contributed by atoms with Crippen LogP contribution in [-0.2, 0) is 16.0 Å². The van der Waals surface area contributed by atoms with E-state index in [2.05, 4.69) is 5.32 Å². The van der Waals surface area contributed by atoms with Gasteiger partial charge in [0.25, 0.3) is 5.91 Å². The number of carbonyl (C=O) groups excluding carboxylic acids is 2. The highest BCUT2D eigenvalue weighted by Crippen LogP contribution is 2.27. The van der Waals surface area contributed by atoms with Crippen molar-refractivity contribution in [3.63, 3.8) is 0 Å². The van der Waals surface area contributed by atoms with Crippen LogP contribution < -0.4 is 10.1 Å². The first-order chi connectivity index (χ1) is 11.5. The van der Waals surface area contributed by atoms with Crippen molar-refractivity contribution in [1.82, 2.24) is 0 Å². The number of hydrogen-bond donors (Lipinski definition) is 1. The molecule has 2 aromatic carbocycles. The summed E-state index contributed by atoms with van der Waals surface area (Å²) in [6, 6.07) is 12.0. The van der Waals surface area contributed by atoms with Crippen LogP contribution in [0.1, 0.15) is 22.8 Å². The van der Waals surface area contributed by atoms with Crippen LogP contribution in [0.3, 0.4) is 0 Å². The number of benzene rings is 2. The smallest absolute Gasteiger partial charge is 0.310 e. The highest BCUT2D eigenvalue weighted by molar-refractivity contribution is 6.34. The maximum absolute atomic E-state index is 12.4. The molecule has 0 aliphatic carbocycles. The zero-order valence-corrected chi connectivity index (χ0v) is 14.2. The van der Waals surface area contributed by atoms with Crippen LogP contribution in [0.4, 0.5) is 5.69 Å². The maximum Gasteiger partial charge on any atom is 0.310 e. The lowest BCUT2D eigenvalue weighted by Crippen LogP contribution is -2.14. The molecule has 2 rings (SSSR count). The van der Waals surface area contributed by atoms with E-state index >= 15 is 0 Å². The molecule has 1 N–H and O–H groups in total. The number of nitrogens with one attached hydrogen (secondary N) is 1. The molecule has 0 aliphatic heterocycles. The third-order valence-electron chi connectivity index (χ3n) is 3.29. The van der Waals surface area contributed by atoms with E-state index < -0.39 is 0 Å². The van der Waals surface area contributed by atoms with Gasteiger partial charge in [-0.05, 0) is 36.8 Å². The van der Waals surface area contributed by atoms with E-state index in [1.54, 1.807) is 49.4 Å². The van der Waals surface area contributed by atoms with E-state index in [1.807, 2.05) is 0 Å². The van der Waals surface area contributed by atoms with Crippen LogP contribution in [0.5, 0.6) is 5.75 Å². The van der Waals surface area contributed by atoms with Crippen LogP contribution >= 0.6 is 11.6 Å². The summed E-state index contributed by atoms with van der Waals surface area (Å²) in [5.74, 6) is -0.246. The average Bonchev–Trinajstić information content (AvgIpc) is 2.56. The summed E-state index contributed by atoms with van der Waals surface area (Å²) in [7, 11) is 1.48. The summed E-state index contributed by atoms with van der Waals surface area (Å²) in [6.45, 7) is 2.12. The Balaban J connectivity index is 2.09. The molecular formula is C18H18ClNO4. The lowest BCUT2D eigenvalue weighted by molar-refractivity contribution is -0.142. The topological polar surface area (TPSA) is 64.6 Å². The van der Waals surface area contributed by atoms with Gasteiger partial charge in [0.2, 0.25) is 0 Å². The largest absolute Gasteiger partial charge is 0.496 e. The molecular weight excluding hydrogens is 330 g/mol. The number of esters is 1. The summed E-state index contributed by atoms with van der Waals surface area (Å²) in [5, 5.41) is 3.07. The number of hydrogen-bond acceptors (Lipinski definition) is 4. The molecule has 1 amide bonds. The van der Waals surface area contributed by atoms with Crippen LogP contribution in [0.2, 0.25) is 5.02 Å². The molecule has 0 radical (unpaired) electrons. The maximum atomic E-state index is 12.4. The third kappa shape index (κ3) is 4.49. The summed E-state index contributed by atoms with van der Waals surface area (Å²) in [6.07, 6.45) is 0.195.